The minimum atomic E-state index is -4.69. The second-order valence-electron chi connectivity index (χ2n) is 7.31. The smallest absolute Gasteiger partial charge is 0.348 e. The standard InChI is InChI=1S/C21H22F3N3O3/c22-21(23,24)17-9-8-16(19(13-17)27(29)30)12-20(28)25-18(14-26-10-4-5-11-26)15-6-2-1-3-7-15/h1-3,6-9,13,18H,4-5,10-12,14H2,(H,25,28)/t18-/m1/s1. The molecule has 1 aliphatic rings. The Balaban J connectivity index is 1.77. The van der Waals surface area contributed by atoms with Crippen LogP contribution >= 0.6 is 0 Å². The zero-order chi connectivity index (χ0) is 21.7. The SMILES string of the molecule is O=C(Cc1ccc(C(F)(F)F)cc1[N+](=O)[O-])N[C@H](CN1CCCC1)c1ccccc1. The molecule has 1 aliphatic heterocycles. The van der Waals surface area contributed by atoms with Gasteiger partial charge >= 0.3 is 6.18 Å². The van der Waals surface area contributed by atoms with Gasteiger partial charge in [0.15, 0.2) is 0 Å². The van der Waals surface area contributed by atoms with E-state index in [1.807, 2.05) is 30.3 Å². The molecule has 1 saturated heterocycles. The maximum absolute atomic E-state index is 12.9. The molecule has 1 amide bonds. The number of nitro groups is 1. The van der Waals surface area contributed by atoms with Crippen molar-refractivity contribution in [3.05, 3.63) is 75.3 Å². The minimum absolute atomic E-state index is 0.0570. The van der Waals surface area contributed by atoms with Gasteiger partial charge in [-0.25, -0.2) is 0 Å². The molecule has 3 rings (SSSR count). The van der Waals surface area contributed by atoms with Crippen molar-refractivity contribution >= 4 is 11.6 Å². The number of nitrogens with one attached hydrogen (secondary N) is 1. The van der Waals surface area contributed by atoms with Gasteiger partial charge in [0.25, 0.3) is 5.69 Å². The van der Waals surface area contributed by atoms with Gasteiger partial charge in [-0.1, -0.05) is 36.4 Å². The summed E-state index contributed by atoms with van der Waals surface area (Å²) < 4.78 is 38.6. The van der Waals surface area contributed by atoms with Gasteiger partial charge < -0.3 is 10.2 Å². The zero-order valence-corrected chi connectivity index (χ0v) is 16.2. The summed E-state index contributed by atoms with van der Waals surface area (Å²) in [4.78, 5) is 25.3. The van der Waals surface area contributed by atoms with Crippen molar-refractivity contribution in [2.45, 2.75) is 31.5 Å². The Labute approximate surface area is 171 Å². The van der Waals surface area contributed by atoms with Crippen molar-refractivity contribution in [2.75, 3.05) is 19.6 Å². The highest BCUT2D eigenvalue weighted by Gasteiger charge is 2.33. The van der Waals surface area contributed by atoms with Gasteiger partial charge in [0.2, 0.25) is 5.91 Å². The summed E-state index contributed by atoms with van der Waals surface area (Å²) in [5, 5.41) is 14.2. The summed E-state index contributed by atoms with van der Waals surface area (Å²) in [5.74, 6) is -0.481. The predicted molar refractivity (Wildman–Crippen MR) is 105 cm³/mol. The van der Waals surface area contributed by atoms with Crippen LogP contribution in [0.1, 0.15) is 35.6 Å². The summed E-state index contributed by atoms with van der Waals surface area (Å²) in [6, 6.07) is 11.3. The molecular formula is C21H22F3N3O3. The highest BCUT2D eigenvalue weighted by atomic mass is 19.4. The quantitative estimate of drug-likeness (QED) is 0.539. The van der Waals surface area contributed by atoms with Gasteiger partial charge in [-0.05, 0) is 37.6 Å². The third-order valence-corrected chi connectivity index (χ3v) is 5.14. The fourth-order valence-electron chi connectivity index (χ4n) is 3.62. The molecule has 2 aromatic carbocycles. The topological polar surface area (TPSA) is 75.5 Å². The number of hydrogen-bond donors (Lipinski definition) is 1. The predicted octanol–water partition coefficient (Wildman–Crippen LogP) is 4.11. The van der Waals surface area contributed by atoms with Crippen LogP contribution in [0, 0.1) is 10.1 Å². The van der Waals surface area contributed by atoms with Crippen LogP contribution in [0.4, 0.5) is 18.9 Å². The lowest BCUT2D eigenvalue weighted by Crippen LogP contribution is -2.37. The largest absolute Gasteiger partial charge is 0.416 e. The Morgan fingerprint density at radius 2 is 1.80 bits per heavy atom. The van der Waals surface area contributed by atoms with Gasteiger partial charge in [0.05, 0.1) is 22.9 Å². The van der Waals surface area contributed by atoms with Gasteiger partial charge in [-0.3, -0.25) is 14.9 Å². The van der Waals surface area contributed by atoms with E-state index in [4.69, 9.17) is 0 Å². The van der Waals surface area contributed by atoms with E-state index in [0.717, 1.165) is 43.6 Å². The first-order valence-electron chi connectivity index (χ1n) is 9.65. The number of hydrogen-bond acceptors (Lipinski definition) is 4. The summed E-state index contributed by atoms with van der Waals surface area (Å²) in [5.41, 5.74) is -0.983. The van der Waals surface area contributed by atoms with Crippen molar-refractivity contribution in [1.82, 2.24) is 10.2 Å². The molecular weight excluding hydrogens is 399 g/mol. The molecule has 0 bridgehead atoms. The van der Waals surface area contributed by atoms with E-state index in [1.54, 1.807) is 0 Å². The zero-order valence-electron chi connectivity index (χ0n) is 16.2. The van der Waals surface area contributed by atoms with Gasteiger partial charge in [0.1, 0.15) is 0 Å². The number of benzene rings is 2. The molecule has 0 spiro atoms. The average molecular weight is 421 g/mol. The molecule has 0 unspecified atom stereocenters. The van der Waals surface area contributed by atoms with Crippen molar-refractivity contribution in [3.8, 4) is 0 Å². The highest BCUT2D eigenvalue weighted by molar-refractivity contribution is 5.80. The molecule has 1 heterocycles. The molecule has 0 aromatic heterocycles. The molecule has 0 saturated carbocycles. The molecule has 160 valence electrons. The van der Waals surface area contributed by atoms with Crippen molar-refractivity contribution in [3.63, 3.8) is 0 Å². The van der Waals surface area contributed by atoms with Crippen LogP contribution < -0.4 is 5.32 Å². The highest BCUT2D eigenvalue weighted by Crippen LogP contribution is 2.33. The first-order valence-corrected chi connectivity index (χ1v) is 9.65. The number of rotatable bonds is 7. The van der Waals surface area contributed by atoms with Gasteiger partial charge in [-0.2, -0.15) is 13.2 Å². The van der Waals surface area contributed by atoms with Crippen LogP contribution in [-0.4, -0.2) is 35.4 Å². The van der Waals surface area contributed by atoms with Crippen molar-refractivity contribution < 1.29 is 22.9 Å². The number of amides is 1. The fourth-order valence-corrected chi connectivity index (χ4v) is 3.62. The third kappa shape index (κ3) is 5.56. The molecule has 1 N–H and O–H groups in total. The van der Waals surface area contributed by atoms with Crippen LogP contribution in [0.15, 0.2) is 48.5 Å². The summed E-state index contributed by atoms with van der Waals surface area (Å²) >= 11 is 0. The summed E-state index contributed by atoms with van der Waals surface area (Å²) in [6.45, 7) is 2.47. The van der Waals surface area contributed by atoms with E-state index in [9.17, 15) is 28.1 Å². The van der Waals surface area contributed by atoms with Crippen LogP contribution in [0.3, 0.4) is 0 Å². The molecule has 9 heteroatoms. The Hall–Kier alpha value is -2.94. The van der Waals surface area contributed by atoms with E-state index in [1.165, 1.54) is 0 Å². The number of likely N-dealkylation sites (tertiary alicyclic amines) is 1. The van der Waals surface area contributed by atoms with Crippen LogP contribution in [0.2, 0.25) is 0 Å². The van der Waals surface area contributed by atoms with Crippen molar-refractivity contribution in [2.24, 2.45) is 0 Å². The summed E-state index contributed by atoms with van der Waals surface area (Å²) in [6.07, 6.45) is -2.89. The Morgan fingerprint density at radius 1 is 1.13 bits per heavy atom. The lowest BCUT2D eigenvalue weighted by atomic mass is 10.0. The maximum Gasteiger partial charge on any atom is 0.416 e. The van der Waals surface area contributed by atoms with E-state index in [0.29, 0.717) is 12.6 Å². The van der Waals surface area contributed by atoms with E-state index in [-0.39, 0.29) is 18.0 Å². The Morgan fingerprint density at radius 3 is 2.40 bits per heavy atom. The lowest BCUT2D eigenvalue weighted by Gasteiger charge is -2.25. The van der Waals surface area contributed by atoms with Crippen molar-refractivity contribution in [1.29, 1.82) is 0 Å². The normalized spacial score (nSPS) is 15.7. The number of carbonyl (C=O) groups is 1. The lowest BCUT2D eigenvalue weighted by molar-refractivity contribution is -0.385. The summed E-state index contributed by atoms with van der Waals surface area (Å²) in [7, 11) is 0. The van der Waals surface area contributed by atoms with Gasteiger partial charge in [0, 0.05) is 18.2 Å². The van der Waals surface area contributed by atoms with E-state index in [2.05, 4.69) is 10.2 Å². The molecule has 0 aliphatic carbocycles. The molecule has 2 aromatic rings. The van der Waals surface area contributed by atoms with Gasteiger partial charge in [-0.15, -0.1) is 0 Å². The fraction of sp³-hybridized carbons (Fsp3) is 0.381. The van der Waals surface area contributed by atoms with Crippen LogP contribution in [0.25, 0.3) is 0 Å². The van der Waals surface area contributed by atoms with Crippen LogP contribution in [-0.2, 0) is 17.4 Å². The van der Waals surface area contributed by atoms with E-state index >= 15 is 0 Å². The minimum Gasteiger partial charge on any atom is -0.348 e. The molecule has 30 heavy (non-hydrogen) atoms. The van der Waals surface area contributed by atoms with E-state index < -0.39 is 28.3 Å². The maximum atomic E-state index is 12.9. The first-order chi connectivity index (χ1) is 14.2. The van der Waals surface area contributed by atoms with Crippen LogP contribution in [0.5, 0.6) is 0 Å². The second kappa shape index (κ2) is 9.25. The Kier molecular flexibility index (Phi) is 6.71. The monoisotopic (exact) mass is 421 g/mol. The Bertz CT molecular complexity index is 897. The third-order valence-electron chi connectivity index (χ3n) is 5.14. The molecule has 1 fully saturated rings. The number of nitrogens with zero attached hydrogens (tertiary/aromatic N) is 2. The second-order valence-corrected chi connectivity index (χ2v) is 7.31. The first kappa shape index (κ1) is 21.8. The number of halogens is 3. The molecule has 6 nitrogen and oxygen atoms in total. The average Bonchev–Trinajstić information content (AvgIpc) is 3.20. The number of alkyl halides is 3. The number of nitro benzene ring substituents is 1. The molecule has 1 atom stereocenters. The molecule has 0 radical (unpaired) electrons. The number of carbonyl (C=O) groups excluding carboxylic acids is 1.